The maximum Gasteiger partial charge on any atom is 0.193 e. The molecule has 21 heavy (non-hydrogen) atoms. The molecule has 0 radical (unpaired) electrons. The van der Waals surface area contributed by atoms with Crippen LogP contribution in [0.1, 0.15) is 18.4 Å². The third-order valence-corrected chi connectivity index (χ3v) is 4.71. The maximum atomic E-state index is 5.74. The van der Waals surface area contributed by atoms with Crippen molar-refractivity contribution >= 4 is 17.3 Å². The third kappa shape index (κ3) is 4.43. The summed E-state index contributed by atoms with van der Waals surface area (Å²) in [7, 11) is 5.65. The van der Waals surface area contributed by atoms with Crippen molar-refractivity contribution in [3.05, 3.63) is 22.4 Å². The van der Waals surface area contributed by atoms with Gasteiger partial charge < -0.3 is 19.7 Å². The highest BCUT2D eigenvalue weighted by Crippen LogP contribution is 2.23. The first-order valence-corrected chi connectivity index (χ1v) is 8.19. The van der Waals surface area contributed by atoms with Gasteiger partial charge in [-0.05, 0) is 22.4 Å². The highest BCUT2D eigenvalue weighted by molar-refractivity contribution is 7.07. The first kappa shape index (κ1) is 16.3. The molecule has 0 spiro atoms. The SMILES string of the molecule is CN=C(NCC1(OC)CCOCC1)N(C)Cc1ccsc1. The fourth-order valence-electron chi connectivity index (χ4n) is 2.55. The third-order valence-electron chi connectivity index (χ3n) is 3.98. The fraction of sp³-hybridized carbons (Fsp3) is 0.667. The summed E-state index contributed by atoms with van der Waals surface area (Å²) >= 11 is 1.72. The monoisotopic (exact) mass is 311 g/mol. The number of ether oxygens (including phenoxy) is 2. The Morgan fingerprint density at radius 2 is 2.29 bits per heavy atom. The molecular formula is C15H25N3O2S. The van der Waals surface area contributed by atoms with E-state index in [9.17, 15) is 0 Å². The molecule has 1 aromatic heterocycles. The van der Waals surface area contributed by atoms with E-state index in [4.69, 9.17) is 9.47 Å². The van der Waals surface area contributed by atoms with Crippen molar-refractivity contribution < 1.29 is 9.47 Å². The van der Waals surface area contributed by atoms with E-state index in [-0.39, 0.29) is 5.60 Å². The summed E-state index contributed by atoms with van der Waals surface area (Å²) in [6, 6.07) is 2.14. The summed E-state index contributed by atoms with van der Waals surface area (Å²) < 4.78 is 11.2. The van der Waals surface area contributed by atoms with E-state index in [2.05, 4.69) is 39.1 Å². The van der Waals surface area contributed by atoms with Crippen LogP contribution in [0, 0.1) is 0 Å². The lowest BCUT2D eigenvalue weighted by Gasteiger charge is -2.37. The second-order valence-electron chi connectivity index (χ2n) is 5.39. The van der Waals surface area contributed by atoms with Crippen LogP contribution in [0.25, 0.3) is 0 Å². The minimum Gasteiger partial charge on any atom is -0.381 e. The molecule has 0 saturated carbocycles. The topological polar surface area (TPSA) is 46.1 Å². The Morgan fingerprint density at radius 1 is 1.52 bits per heavy atom. The van der Waals surface area contributed by atoms with E-state index in [0.29, 0.717) is 0 Å². The van der Waals surface area contributed by atoms with Crippen LogP contribution in [0.15, 0.2) is 21.8 Å². The Labute approximate surface area is 131 Å². The lowest BCUT2D eigenvalue weighted by molar-refractivity contribution is -0.0857. The van der Waals surface area contributed by atoms with Crippen LogP contribution in [0.5, 0.6) is 0 Å². The summed E-state index contributed by atoms with van der Waals surface area (Å²) in [5, 5.41) is 7.71. The van der Waals surface area contributed by atoms with Gasteiger partial charge in [0.1, 0.15) is 0 Å². The zero-order valence-corrected chi connectivity index (χ0v) is 13.9. The van der Waals surface area contributed by atoms with E-state index in [1.165, 1.54) is 5.56 Å². The summed E-state index contributed by atoms with van der Waals surface area (Å²) in [5.41, 5.74) is 1.16. The van der Waals surface area contributed by atoms with E-state index in [0.717, 1.165) is 45.1 Å². The average molecular weight is 311 g/mol. The minimum absolute atomic E-state index is 0.141. The smallest absolute Gasteiger partial charge is 0.193 e. The van der Waals surface area contributed by atoms with Gasteiger partial charge in [0.05, 0.1) is 5.60 Å². The van der Waals surface area contributed by atoms with Crippen molar-refractivity contribution in [1.82, 2.24) is 10.2 Å². The molecular weight excluding hydrogens is 286 g/mol. The number of thiophene rings is 1. The van der Waals surface area contributed by atoms with Crippen molar-refractivity contribution in [2.75, 3.05) is 41.0 Å². The molecule has 1 aromatic rings. The molecule has 0 aromatic carbocycles. The normalized spacial score (nSPS) is 18.5. The van der Waals surface area contributed by atoms with Crippen molar-refractivity contribution in [3.63, 3.8) is 0 Å². The maximum absolute atomic E-state index is 5.74. The number of hydrogen-bond donors (Lipinski definition) is 1. The zero-order chi connectivity index (χ0) is 15.1. The van der Waals surface area contributed by atoms with Gasteiger partial charge in [0.25, 0.3) is 0 Å². The van der Waals surface area contributed by atoms with Crippen LogP contribution in [-0.2, 0) is 16.0 Å². The van der Waals surface area contributed by atoms with Gasteiger partial charge in [-0.1, -0.05) is 0 Å². The standard InChI is InChI=1S/C15H25N3O2S/c1-16-14(18(2)10-13-4-9-21-11-13)17-12-15(19-3)5-7-20-8-6-15/h4,9,11H,5-8,10,12H2,1-3H3,(H,16,17). The van der Waals surface area contributed by atoms with Crippen LogP contribution < -0.4 is 5.32 Å². The number of methoxy groups -OCH3 is 1. The van der Waals surface area contributed by atoms with E-state index in [1.807, 2.05) is 7.05 Å². The molecule has 1 saturated heterocycles. The first-order valence-electron chi connectivity index (χ1n) is 7.25. The Kier molecular flexibility index (Phi) is 6.02. The Morgan fingerprint density at radius 3 is 2.86 bits per heavy atom. The van der Waals surface area contributed by atoms with E-state index in [1.54, 1.807) is 18.4 Å². The minimum atomic E-state index is -0.141. The number of rotatable bonds is 5. The molecule has 2 heterocycles. The molecule has 0 amide bonds. The molecule has 0 bridgehead atoms. The number of hydrogen-bond acceptors (Lipinski definition) is 4. The van der Waals surface area contributed by atoms with Crippen molar-refractivity contribution in [1.29, 1.82) is 0 Å². The lowest BCUT2D eigenvalue weighted by Crippen LogP contribution is -2.50. The second kappa shape index (κ2) is 7.77. The predicted molar refractivity (Wildman–Crippen MR) is 86.9 cm³/mol. The molecule has 1 fully saturated rings. The van der Waals surface area contributed by atoms with Crippen molar-refractivity contribution in [2.45, 2.75) is 25.0 Å². The van der Waals surface area contributed by atoms with Crippen molar-refractivity contribution in [2.24, 2.45) is 4.99 Å². The van der Waals surface area contributed by atoms with Gasteiger partial charge in [-0.15, -0.1) is 0 Å². The van der Waals surface area contributed by atoms with Gasteiger partial charge in [0.15, 0.2) is 5.96 Å². The molecule has 1 aliphatic rings. The van der Waals surface area contributed by atoms with Crippen LogP contribution in [0.3, 0.4) is 0 Å². The summed E-state index contributed by atoms with van der Waals surface area (Å²) in [6.07, 6.45) is 1.84. The van der Waals surface area contributed by atoms with Gasteiger partial charge >= 0.3 is 0 Å². The number of nitrogens with zero attached hydrogens (tertiary/aromatic N) is 2. The first-order chi connectivity index (χ1) is 10.2. The van der Waals surface area contributed by atoms with Gasteiger partial charge in [0.2, 0.25) is 0 Å². The molecule has 0 atom stereocenters. The van der Waals surface area contributed by atoms with Crippen LogP contribution in [0.4, 0.5) is 0 Å². The Bertz CT molecular complexity index is 442. The molecule has 0 unspecified atom stereocenters. The summed E-state index contributed by atoms with van der Waals surface area (Å²) in [5.74, 6) is 0.893. The van der Waals surface area contributed by atoms with E-state index < -0.39 is 0 Å². The lowest BCUT2D eigenvalue weighted by atomic mass is 9.94. The number of aliphatic imine (C=N–C) groups is 1. The van der Waals surface area contributed by atoms with Gasteiger partial charge in [-0.3, -0.25) is 4.99 Å². The van der Waals surface area contributed by atoms with Crippen LogP contribution >= 0.6 is 11.3 Å². The number of nitrogens with one attached hydrogen (secondary N) is 1. The van der Waals surface area contributed by atoms with Crippen LogP contribution in [0.2, 0.25) is 0 Å². The molecule has 1 N–H and O–H groups in total. The quantitative estimate of drug-likeness (QED) is 0.667. The summed E-state index contributed by atoms with van der Waals surface area (Å²) in [4.78, 5) is 6.50. The summed E-state index contributed by atoms with van der Waals surface area (Å²) in [6.45, 7) is 3.14. The van der Waals surface area contributed by atoms with Crippen LogP contribution in [-0.4, -0.2) is 57.4 Å². The molecule has 118 valence electrons. The predicted octanol–water partition coefficient (Wildman–Crippen LogP) is 1.95. The van der Waals surface area contributed by atoms with Gasteiger partial charge in [-0.25, -0.2) is 0 Å². The van der Waals surface area contributed by atoms with Crippen molar-refractivity contribution in [3.8, 4) is 0 Å². The fourth-order valence-corrected chi connectivity index (χ4v) is 3.21. The molecule has 0 aliphatic carbocycles. The van der Waals surface area contributed by atoms with Gasteiger partial charge in [0, 0.05) is 60.4 Å². The highest BCUT2D eigenvalue weighted by atomic mass is 32.1. The Hall–Kier alpha value is -1.11. The average Bonchev–Trinajstić information content (AvgIpc) is 3.01. The van der Waals surface area contributed by atoms with Gasteiger partial charge in [-0.2, -0.15) is 11.3 Å². The second-order valence-corrected chi connectivity index (χ2v) is 6.17. The Balaban J connectivity index is 1.89. The van der Waals surface area contributed by atoms with E-state index >= 15 is 0 Å². The largest absolute Gasteiger partial charge is 0.381 e. The molecule has 2 rings (SSSR count). The molecule has 5 nitrogen and oxygen atoms in total. The highest BCUT2D eigenvalue weighted by Gasteiger charge is 2.32. The number of guanidine groups is 1. The zero-order valence-electron chi connectivity index (χ0n) is 13.1. The molecule has 6 heteroatoms. The molecule has 1 aliphatic heterocycles.